The molecule has 0 bridgehead atoms. The van der Waals surface area contributed by atoms with Gasteiger partial charge in [-0.15, -0.1) is 11.3 Å². The van der Waals surface area contributed by atoms with Gasteiger partial charge in [-0.05, 0) is 19.8 Å². The average molecular weight is 325 g/mol. The third-order valence-electron chi connectivity index (χ3n) is 3.41. The van der Waals surface area contributed by atoms with Crippen LogP contribution in [0.5, 0.6) is 0 Å². The van der Waals surface area contributed by atoms with Crippen molar-refractivity contribution in [3.63, 3.8) is 0 Å². The Hall–Kier alpha value is -1.96. The highest BCUT2D eigenvalue weighted by Gasteiger charge is 2.29. The molecule has 0 saturated carbocycles. The van der Waals surface area contributed by atoms with Gasteiger partial charge in [-0.3, -0.25) is 9.59 Å². The van der Waals surface area contributed by atoms with E-state index in [0.717, 1.165) is 6.42 Å². The van der Waals surface area contributed by atoms with E-state index in [9.17, 15) is 14.4 Å². The quantitative estimate of drug-likeness (QED) is 0.857. The van der Waals surface area contributed by atoms with Gasteiger partial charge in [0.1, 0.15) is 5.69 Å². The first kappa shape index (κ1) is 16.4. The van der Waals surface area contributed by atoms with Crippen LogP contribution in [0.4, 0.5) is 9.93 Å². The second-order valence-corrected chi connectivity index (χ2v) is 5.93. The number of ether oxygens (including phenoxy) is 1. The van der Waals surface area contributed by atoms with Crippen LogP contribution in [0.3, 0.4) is 0 Å². The summed E-state index contributed by atoms with van der Waals surface area (Å²) in [6.07, 6.45) is 1.09. The van der Waals surface area contributed by atoms with Crippen molar-refractivity contribution in [2.24, 2.45) is 5.92 Å². The van der Waals surface area contributed by atoms with Crippen LogP contribution in [0.1, 0.15) is 37.2 Å². The molecule has 22 heavy (non-hydrogen) atoms. The second-order valence-electron chi connectivity index (χ2n) is 5.07. The third kappa shape index (κ3) is 4.03. The lowest BCUT2D eigenvalue weighted by molar-refractivity contribution is -0.121. The fourth-order valence-corrected chi connectivity index (χ4v) is 3.02. The summed E-state index contributed by atoms with van der Waals surface area (Å²) in [5.41, 5.74) is 0.345. The minimum Gasteiger partial charge on any atom is -0.450 e. The van der Waals surface area contributed by atoms with Gasteiger partial charge in [-0.2, -0.15) is 0 Å². The summed E-state index contributed by atoms with van der Waals surface area (Å²) in [7, 11) is 0. The molecule has 2 rings (SSSR count). The van der Waals surface area contributed by atoms with E-state index in [1.807, 2.05) is 0 Å². The summed E-state index contributed by atoms with van der Waals surface area (Å²) in [6.45, 7) is 4.45. The molecule has 1 N–H and O–H groups in total. The predicted octanol–water partition coefficient (Wildman–Crippen LogP) is 2.15. The second kappa shape index (κ2) is 7.35. The summed E-state index contributed by atoms with van der Waals surface area (Å²) >= 11 is 1.22. The SMILES string of the molecule is CCOC(=O)N1CCCC(C(=O)Nc2nc(C(C)=O)cs2)C1. The van der Waals surface area contributed by atoms with E-state index < -0.39 is 0 Å². The highest BCUT2D eigenvalue weighted by molar-refractivity contribution is 7.14. The number of hydrogen-bond donors (Lipinski definition) is 1. The summed E-state index contributed by atoms with van der Waals surface area (Å²) in [5.74, 6) is -0.607. The minimum absolute atomic E-state index is 0.136. The molecule has 2 amide bonds. The molecule has 0 aliphatic carbocycles. The number of piperidine rings is 1. The van der Waals surface area contributed by atoms with E-state index in [1.54, 1.807) is 17.2 Å². The first-order chi connectivity index (χ1) is 10.5. The number of Topliss-reactive ketones (excluding diaryl/α,β-unsaturated/α-hetero) is 1. The molecule has 8 heteroatoms. The normalized spacial score (nSPS) is 17.9. The van der Waals surface area contributed by atoms with Crippen molar-refractivity contribution in [3.05, 3.63) is 11.1 Å². The number of carbonyl (C=O) groups excluding carboxylic acids is 3. The van der Waals surface area contributed by atoms with Crippen LogP contribution in [0, 0.1) is 5.92 Å². The van der Waals surface area contributed by atoms with E-state index >= 15 is 0 Å². The van der Waals surface area contributed by atoms with Gasteiger partial charge < -0.3 is 15.0 Å². The fourth-order valence-electron chi connectivity index (χ4n) is 2.27. The molecule has 0 aromatic carbocycles. The van der Waals surface area contributed by atoms with Gasteiger partial charge in [0.05, 0.1) is 12.5 Å². The van der Waals surface area contributed by atoms with E-state index in [1.165, 1.54) is 18.3 Å². The lowest BCUT2D eigenvalue weighted by Gasteiger charge is -2.30. The first-order valence-corrected chi connectivity index (χ1v) is 8.08. The lowest BCUT2D eigenvalue weighted by atomic mass is 9.97. The third-order valence-corrected chi connectivity index (χ3v) is 4.17. The van der Waals surface area contributed by atoms with E-state index in [-0.39, 0.29) is 23.7 Å². The smallest absolute Gasteiger partial charge is 0.409 e. The van der Waals surface area contributed by atoms with Crippen molar-refractivity contribution in [1.82, 2.24) is 9.88 Å². The molecular formula is C14H19N3O4S. The zero-order chi connectivity index (χ0) is 16.1. The van der Waals surface area contributed by atoms with Gasteiger partial charge >= 0.3 is 6.09 Å². The van der Waals surface area contributed by atoms with Crippen LogP contribution < -0.4 is 5.32 Å². The molecule has 1 aliphatic heterocycles. The monoisotopic (exact) mass is 325 g/mol. The molecule has 120 valence electrons. The molecular weight excluding hydrogens is 306 g/mol. The minimum atomic E-state index is -0.381. The van der Waals surface area contributed by atoms with E-state index in [4.69, 9.17) is 4.74 Å². The number of hydrogen-bond acceptors (Lipinski definition) is 6. The average Bonchev–Trinajstić information content (AvgIpc) is 2.96. The zero-order valence-electron chi connectivity index (χ0n) is 12.6. The number of amides is 2. The van der Waals surface area contributed by atoms with Gasteiger partial charge in [-0.1, -0.05) is 0 Å². The number of anilines is 1. The molecule has 1 aromatic rings. The van der Waals surface area contributed by atoms with Crippen LogP contribution in [0.25, 0.3) is 0 Å². The Labute approximate surface area is 132 Å². The molecule has 1 unspecified atom stereocenters. The van der Waals surface area contributed by atoms with E-state index in [2.05, 4.69) is 10.3 Å². The largest absolute Gasteiger partial charge is 0.450 e. The van der Waals surface area contributed by atoms with E-state index in [0.29, 0.717) is 36.9 Å². The number of aromatic nitrogens is 1. The Morgan fingerprint density at radius 1 is 1.50 bits per heavy atom. The van der Waals surface area contributed by atoms with Crippen molar-refractivity contribution >= 4 is 34.3 Å². The van der Waals surface area contributed by atoms with Crippen molar-refractivity contribution in [1.29, 1.82) is 0 Å². The topological polar surface area (TPSA) is 88.6 Å². The fraction of sp³-hybridized carbons (Fsp3) is 0.571. The Morgan fingerprint density at radius 2 is 2.27 bits per heavy atom. The number of carbonyl (C=O) groups is 3. The van der Waals surface area contributed by atoms with Crippen LogP contribution in [-0.4, -0.2) is 47.4 Å². The summed E-state index contributed by atoms with van der Waals surface area (Å²) in [4.78, 5) is 40.8. The van der Waals surface area contributed by atoms with Gasteiger partial charge in [0.15, 0.2) is 10.9 Å². The maximum Gasteiger partial charge on any atom is 0.409 e. The molecule has 7 nitrogen and oxygen atoms in total. The number of rotatable bonds is 4. The number of nitrogens with zero attached hydrogens (tertiary/aromatic N) is 2. The molecule has 1 saturated heterocycles. The lowest BCUT2D eigenvalue weighted by Crippen LogP contribution is -2.44. The molecule has 1 aliphatic rings. The Kier molecular flexibility index (Phi) is 5.48. The molecule has 0 spiro atoms. The number of likely N-dealkylation sites (tertiary alicyclic amines) is 1. The van der Waals surface area contributed by atoms with Gasteiger partial charge in [0.2, 0.25) is 5.91 Å². The van der Waals surface area contributed by atoms with Crippen LogP contribution in [0.15, 0.2) is 5.38 Å². The number of thiazole rings is 1. The Morgan fingerprint density at radius 3 is 2.91 bits per heavy atom. The summed E-state index contributed by atoms with van der Waals surface area (Å²) in [6, 6.07) is 0. The van der Waals surface area contributed by atoms with Crippen molar-refractivity contribution < 1.29 is 19.1 Å². The molecule has 0 radical (unpaired) electrons. The molecule has 1 atom stereocenters. The van der Waals surface area contributed by atoms with Crippen LogP contribution in [-0.2, 0) is 9.53 Å². The standard InChI is InChI=1S/C14H19N3O4S/c1-3-21-14(20)17-6-4-5-10(7-17)12(19)16-13-15-11(8-22-13)9(2)18/h8,10H,3-7H2,1-2H3,(H,15,16,19). The maximum absolute atomic E-state index is 12.3. The maximum atomic E-state index is 12.3. The van der Waals surface area contributed by atoms with Gasteiger partial charge in [0, 0.05) is 25.4 Å². The van der Waals surface area contributed by atoms with Crippen molar-refractivity contribution in [2.45, 2.75) is 26.7 Å². The Bertz CT molecular complexity index is 572. The molecule has 1 fully saturated rings. The van der Waals surface area contributed by atoms with Gasteiger partial charge in [-0.25, -0.2) is 9.78 Å². The van der Waals surface area contributed by atoms with Crippen molar-refractivity contribution in [3.8, 4) is 0 Å². The van der Waals surface area contributed by atoms with Gasteiger partial charge in [0.25, 0.3) is 0 Å². The van der Waals surface area contributed by atoms with Crippen LogP contribution in [0.2, 0.25) is 0 Å². The van der Waals surface area contributed by atoms with Crippen LogP contribution >= 0.6 is 11.3 Å². The molecule has 2 heterocycles. The summed E-state index contributed by atoms with van der Waals surface area (Å²) < 4.78 is 4.96. The highest BCUT2D eigenvalue weighted by atomic mass is 32.1. The number of nitrogens with one attached hydrogen (secondary N) is 1. The summed E-state index contributed by atoms with van der Waals surface area (Å²) in [5, 5.41) is 4.74. The predicted molar refractivity (Wildman–Crippen MR) is 82.1 cm³/mol. The zero-order valence-corrected chi connectivity index (χ0v) is 13.4. The first-order valence-electron chi connectivity index (χ1n) is 7.20. The highest BCUT2D eigenvalue weighted by Crippen LogP contribution is 2.21. The number of ketones is 1. The molecule has 1 aromatic heterocycles. The van der Waals surface area contributed by atoms with Crippen molar-refractivity contribution in [2.75, 3.05) is 25.0 Å². The Balaban J connectivity index is 1.93.